The zero-order valence-corrected chi connectivity index (χ0v) is 35.8. The van der Waals surface area contributed by atoms with Gasteiger partial charge in [-0.3, -0.25) is 0 Å². The number of aromatic nitrogens is 4. The molecule has 304 valence electrons. The molecule has 0 saturated carbocycles. The summed E-state index contributed by atoms with van der Waals surface area (Å²) in [5.41, 5.74) is 19.0. The molecule has 5 nitrogen and oxygen atoms in total. The van der Waals surface area contributed by atoms with E-state index in [0.29, 0.717) is 5.82 Å². The number of nitrogens with zero attached hydrogens (tertiary/aromatic N) is 4. The third kappa shape index (κ3) is 4.79. The zero-order valence-electron chi connectivity index (χ0n) is 35.8. The van der Waals surface area contributed by atoms with Crippen LogP contribution in [0.1, 0.15) is 43.6 Å². The van der Waals surface area contributed by atoms with Gasteiger partial charge in [0.2, 0.25) is 0 Å². The minimum absolute atomic E-state index is 0.0683. The molecule has 0 saturated heterocycles. The highest BCUT2D eigenvalue weighted by Crippen LogP contribution is 2.55. The summed E-state index contributed by atoms with van der Waals surface area (Å²) in [7, 11) is 0. The third-order valence-corrected chi connectivity index (χ3v) is 14.8. The molecule has 0 fully saturated rings. The topological polar surface area (TPSA) is 48.8 Å². The largest absolute Gasteiger partial charge is 0.453 e. The predicted octanol–water partition coefficient (Wildman–Crippen LogP) is 14.9. The minimum Gasteiger partial charge on any atom is -0.453 e. The molecule has 0 N–H and O–H groups in total. The first kappa shape index (κ1) is 35.8. The molecule has 6 bridgehead atoms. The smallest absolute Gasteiger partial charge is 0.163 e. The summed E-state index contributed by atoms with van der Waals surface area (Å²) in [5.74, 6) is 1.03. The number of hydrogen-bond acceptors (Lipinski definition) is 3. The first-order chi connectivity index (χ1) is 31.4. The van der Waals surface area contributed by atoms with Crippen LogP contribution in [-0.4, -0.2) is 19.1 Å². The zero-order chi connectivity index (χ0) is 42.4. The molecular weight excluding hydrogens is 781 g/mol. The van der Waals surface area contributed by atoms with Crippen LogP contribution in [0.3, 0.4) is 0 Å². The fourth-order valence-corrected chi connectivity index (χ4v) is 11.9. The van der Waals surface area contributed by atoms with Crippen molar-refractivity contribution in [3.8, 4) is 45.1 Å². The second-order valence-electron chi connectivity index (χ2n) is 18.3. The van der Waals surface area contributed by atoms with Gasteiger partial charge in [0.25, 0.3) is 0 Å². The SMILES string of the molecule is CC1C=CC2(C)C3=C1Cc1c(n(c4ccc(-c5ccc6c(c5)c5ccccc5n6-c5ccccc5)cc14)-c1cccc4c1oc1c(cccc14)-c1nc(-c4ccccc4)cc2n1)C3C. The molecule has 0 amide bonds. The summed E-state index contributed by atoms with van der Waals surface area (Å²) < 4.78 is 12.1. The van der Waals surface area contributed by atoms with Gasteiger partial charge in [0.05, 0.1) is 39.2 Å². The van der Waals surface area contributed by atoms with E-state index in [0.717, 1.165) is 56.6 Å². The first-order valence-electron chi connectivity index (χ1n) is 22.5. The Morgan fingerprint density at radius 2 is 1.25 bits per heavy atom. The first-order valence-corrected chi connectivity index (χ1v) is 22.5. The number of para-hydroxylation sites is 4. The molecule has 0 spiro atoms. The van der Waals surface area contributed by atoms with Gasteiger partial charge in [0, 0.05) is 55.2 Å². The maximum Gasteiger partial charge on any atom is 0.163 e. The van der Waals surface area contributed by atoms with Crippen LogP contribution in [0.2, 0.25) is 0 Å². The summed E-state index contributed by atoms with van der Waals surface area (Å²) >= 11 is 0. The van der Waals surface area contributed by atoms with Gasteiger partial charge in [-0.15, -0.1) is 0 Å². The molecule has 11 aromatic rings. The molecule has 3 unspecified atom stereocenters. The van der Waals surface area contributed by atoms with E-state index in [1.807, 2.05) is 0 Å². The second-order valence-corrected chi connectivity index (χ2v) is 18.3. The molecule has 7 aromatic carbocycles. The fourth-order valence-electron chi connectivity index (χ4n) is 11.9. The molecule has 5 heteroatoms. The molecule has 4 aromatic heterocycles. The lowest BCUT2D eigenvalue weighted by Gasteiger charge is -2.43. The molecule has 64 heavy (non-hydrogen) atoms. The average molecular weight is 823 g/mol. The van der Waals surface area contributed by atoms with Crippen molar-refractivity contribution in [2.75, 3.05) is 0 Å². The van der Waals surface area contributed by atoms with E-state index in [9.17, 15) is 0 Å². The van der Waals surface area contributed by atoms with E-state index in [1.54, 1.807) is 0 Å². The molecule has 0 radical (unpaired) electrons. The Labute approximate surface area is 370 Å². The Morgan fingerprint density at radius 1 is 0.578 bits per heavy atom. The Bertz CT molecular complexity index is 3860. The summed E-state index contributed by atoms with van der Waals surface area (Å²) in [4.78, 5) is 10.9. The van der Waals surface area contributed by atoms with Gasteiger partial charge >= 0.3 is 0 Å². The quantitative estimate of drug-likeness (QED) is 0.167. The van der Waals surface area contributed by atoms with Crippen molar-refractivity contribution in [1.29, 1.82) is 0 Å². The maximum atomic E-state index is 7.17. The highest BCUT2D eigenvalue weighted by atomic mass is 16.3. The molecule has 2 aliphatic carbocycles. The monoisotopic (exact) mass is 822 g/mol. The summed E-state index contributed by atoms with van der Waals surface area (Å²) in [6.45, 7) is 7.18. The Kier molecular flexibility index (Phi) is 7.22. The van der Waals surface area contributed by atoms with Gasteiger partial charge in [-0.1, -0.05) is 135 Å². The molecule has 5 heterocycles. The molecule has 14 rings (SSSR count). The molecule has 1 aliphatic heterocycles. The van der Waals surface area contributed by atoms with E-state index in [4.69, 9.17) is 14.4 Å². The van der Waals surface area contributed by atoms with E-state index < -0.39 is 5.41 Å². The van der Waals surface area contributed by atoms with Gasteiger partial charge < -0.3 is 13.6 Å². The number of allylic oxidation sites excluding steroid dienone is 4. The molecular formula is C59H42N4O. The van der Waals surface area contributed by atoms with Gasteiger partial charge in [-0.05, 0) is 102 Å². The lowest BCUT2D eigenvalue weighted by molar-refractivity contribution is 0.543. The number of rotatable bonds is 3. The van der Waals surface area contributed by atoms with Gasteiger partial charge in [0.1, 0.15) is 5.58 Å². The van der Waals surface area contributed by atoms with Crippen molar-refractivity contribution in [2.45, 2.75) is 38.5 Å². The van der Waals surface area contributed by atoms with Crippen molar-refractivity contribution in [3.63, 3.8) is 0 Å². The standard InChI is InChI=1S/C59H42N4O/c1-34-28-29-59(3)53-33-48(36-14-6-4-7-15-36)60-58(61-53)43-21-12-19-41-42-20-13-23-52(57(42)64-56(41)43)63-51-27-25-38(31-46(51)47-32-44(34)54(59)35(2)55(47)63)37-24-26-50-45(30-37)40-18-10-11-22-49(40)62(50)39-16-8-5-9-17-39/h4-31,33-35H,32H2,1-3H3. The lowest BCUT2D eigenvalue weighted by atomic mass is 9.62. The van der Waals surface area contributed by atoms with Crippen LogP contribution in [0, 0.1) is 5.92 Å². The number of hydrogen-bond donors (Lipinski definition) is 0. The normalized spacial score (nSPS) is 18.7. The lowest BCUT2D eigenvalue weighted by Crippen LogP contribution is -2.35. The Balaban J connectivity index is 1.05. The highest BCUT2D eigenvalue weighted by Gasteiger charge is 2.44. The van der Waals surface area contributed by atoms with Crippen molar-refractivity contribution in [3.05, 3.63) is 204 Å². The average Bonchev–Trinajstić information content (AvgIpc) is 4.00. The van der Waals surface area contributed by atoms with Crippen LogP contribution in [0.4, 0.5) is 0 Å². The van der Waals surface area contributed by atoms with Gasteiger partial charge in [-0.25, -0.2) is 9.97 Å². The van der Waals surface area contributed by atoms with E-state index in [-0.39, 0.29) is 11.8 Å². The molecule has 3 aliphatic rings. The summed E-state index contributed by atoms with van der Waals surface area (Å²) in [6, 6.07) is 59.5. The van der Waals surface area contributed by atoms with Crippen molar-refractivity contribution < 1.29 is 4.42 Å². The summed E-state index contributed by atoms with van der Waals surface area (Å²) in [5, 5.41) is 5.95. The van der Waals surface area contributed by atoms with Crippen LogP contribution >= 0.6 is 0 Å². The van der Waals surface area contributed by atoms with Crippen molar-refractivity contribution >= 4 is 54.6 Å². The Hall–Kier alpha value is -7.76. The van der Waals surface area contributed by atoms with E-state index in [1.165, 1.54) is 71.9 Å². The van der Waals surface area contributed by atoms with Gasteiger partial charge in [0.15, 0.2) is 11.4 Å². The van der Waals surface area contributed by atoms with Crippen molar-refractivity contribution in [2.24, 2.45) is 5.92 Å². The van der Waals surface area contributed by atoms with Crippen LogP contribution in [0.25, 0.3) is 99.8 Å². The number of furan rings is 1. The number of fused-ring (bicyclic) bond motifs is 12. The number of benzene rings is 7. The Morgan fingerprint density at radius 3 is 2.06 bits per heavy atom. The van der Waals surface area contributed by atoms with Crippen LogP contribution < -0.4 is 0 Å². The minimum atomic E-state index is -0.484. The van der Waals surface area contributed by atoms with E-state index >= 15 is 0 Å². The van der Waals surface area contributed by atoms with Crippen LogP contribution in [-0.2, 0) is 11.8 Å². The van der Waals surface area contributed by atoms with Crippen molar-refractivity contribution in [1.82, 2.24) is 19.1 Å². The molecule has 3 atom stereocenters. The fraction of sp³-hybridized carbons (Fsp3) is 0.119. The van der Waals surface area contributed by atoms with Crippen LogP contribution in [0.5, 0.6) is 0 Å². The van der Waals surface area contributed by atoms with Gasteiger partial charge in [-0.2, -0.15) is 0 Å². The maximum absolute atomic E-state index is 7.17. The van der Waals surface area contributed by atoms with E-state index in [2.05, 4.69) is 206 Å². The second kappa shape index (κ2) is 12.9. The summed E-state index contributed by atoms with van der Waals surface area (Å²) in [6.07, 6.45) is 5.71. The third-order valence-electron chi connectivity index (χ3n) is 14.8. The van der Waals surface area contributed by atoms with Crippen LogP contribution in [0.15, 0.2) is 192 Å². The highest BCUT2D eigenvalue weighted by molar-refractivity contribution is 6.12. The predicted molar refractivity (Wildman–Crippen MR) is 262 cm³/mol.